The summed E-state index contributed by atoms with van der Waals surface area (Å²) in [7, 11) is 3.72. The maximum atomic E-state index is 13.0. The molecule has 23 heavy (non-hydrogen) atoms. The van der Waals surface area contributed by atoms with Gasteiger partial charge < -0.3 is 9.47 Å². The number of ketones is 1. The van der Waals surface area contributed by atoms with Crippen molar-refractivity contribution in [3.63, 3.8) is 0 Å². The van der Waals surface area contributed by atoms with E-state index >= 15 is 0 Å². The summed E-state index contributed by atoms with van der Waals surface area (Å²) in [6.07, 6.45) is 3.40. The van der Waals surface area contributed by atoms with Gasteiger partial charge in [0.15, 0.2) is 0 Å². The monoisotopic (exact) mass is 306 g/mol. The molecule has 5 heteroatoms. The Bertz CT molecular complexity index is 810. The highest BCUT2D eigenvalue weighted by molar-refractivity contribution is 6.12. The van der Waals surface area contributed by atoms with Gasteiger partial charge in [0.1, 0.15) is 17.5 Å². The van der Waals surface area contributed by atoms with Crippen LogP contribution in [0.2, 0.25) is 0 Å². The lowest BCUT2D eigenvalue weighted by molar-refractivity contribution is 0.103. The maximum absolute atomic E-state index is 13.0. The molecule has 116 valence electrons. The Morgan fingerprint density at radius 1 is 1.35 bits per heavy atom. The van der Waals surface area contributed by atoms with Crippen LogP contribution in [0.3, 0.4) is 0 Å². The van der Waals surface area contributed by atoms with E-state index in [1.807, 2.05) is 36.9 Å². The van der Waals surface area contributed by atoms with Gasteiger partial charge in [-0.1, -0.05) is 30.3 Å². The van der Waals surface area contributed by atoms with Gasteiger partial charge in [-0.05, 0) is 12.8 Å². The van der Waals surface area contributed by atoms with Crippen molar-refractivity contribution in [2.24, 2.45) is 4.99 Å². The Kier molecular flexibility index (Phi) is 3.98. The first-order chi connectivity index (χ1) is 11.1. The largest absolute Gasteiger partial charge is 0.369 e. The summed E-state index contributed by atoms with van der Waals surface area (Å²) in [5.74, 6) is -0.0823. The number of hydrogen-bond acceptors (Lipinski definition) is 3. The molecular weight excluding hydrogens is 288 g/mol. The summed E-state index contributed by atoms with van der Waals surface area (Å²) in [4.78, 5) is 19.2. The van der Waals surface area contributed by atoms with Crippen LogP contribution >= 0.6 is 0 Å². The van der Waals surface area contributed by atoms with Crippen LogP contribution in [0.5, 0.6) is 0 Å². The summed E-state index contributed by atoms with van der Waals surface area (Å²) in [6.45, 7) is 0.759. The number of nitriles is 1. The van der Waals surface area contributed by atoms with Gasteiger partial charge in [0.05, 0.1) is 11.9 Å². The van der Waals surface area contributed by atoms with E-state index < -0.39 is 0 Å². The summed E-state index contributed by atoms with van der Waals surface area (Å²) in [5.41, 5.74) is 3.09. The first-order valence-electron chi connectivity index (χ1n) is 7.59. The predicted octanol–water partition coefficient (Wildman–Crippen LogP) is 2.76. The zero-order chi connectivity index (χ0) is 16.4. The van der Waals surface area contributed by atoms with E-state index in [9.17, 15) is 10.1 Å². The van der Waals surface area contributed by atoms with Gasteiger partial charge in [0, 0.05) is 31.9 Å². The molecule has 0 aliphatic carbocycles. The SMILES string of the molecule is CN(C)C=Nc1c(C#N)c2n(c1C(=O)c1ccccc1)CCC2. The van der Waals surface area contributed by atoms with E-state index in [2.05, 4.69) is 11.1 Å². The quantitative estimate of drug-likeness (QED) is 0.496. The molecule has 0 radical (unpaired) electrons. The topological polar surface area (TPSA) is 61.4 Å². The van der Waals surface area contributed by atoms with Gasteiger partial charge in [-0.15, -0.1) is 0 Å². The molecule has 0 N–H and O–H groups in total. The lowest BCUT2D eigenvalue weighted by atomic mass is 10.1. The van der Waals surface area contributed by atoms with Crippen molar-refractivity contribution in [2.75, 3.05) is 14.1 Å². The molecule has 1 aliphatic heterocycles. The minimum Gasteiger partial charge on any atom is -0.369 e. The average molecular weight is 306 g/mol. The predicted molar refractivity (Wildman–Crippen MR) is 89.2 cm³/mol. The van der Waals surface area contributed by atoms with Crippen LogP contribution in [0, 0.1) is 11.3 Å². The van der Waals surface area contributed by atoms with Crippen LogP contribution in [0.4, 0.5) is 5.69 Å². The van der Waals surface area contributed by atoms with Crippen LogP contribution in [0.15, 0.2) is 35.3 Å². The highest BCUT2D eigenvalue weighted by atomic mass is 16.1. The van der Waals surface area contributed by atoms with Crippen molar-refractivity contribution in [1.29, 1.82) is 5.26 Å². The molecule has 0 bridgehead atoms. The molecule has 0 unspecified atom stereocenters. The number of rotatable bonds is 4. The number of carbonyl (C=O) groups is 1. The maximum Gasteiger partial charge on any atom is 0.211 e. The van der Waals surface area contributed by atoms with Gasteiger partial charge in [0.25, 0.3) is 0 Å². The number of aromatic nitrogens is 1. The highest BCUT2D eigenvalue weighted by Crippen LogP contribution is 2.36. The number of nitrogens with zero attached hydrogens (tertiary/aromatic N) is 4. The van der Waals surface area contributed by atoms with Gasteiger partial charge in [0.2, 0.25) is 5.78 Å². The fraction of sp³-hybridized carbons (Fsp3) is 0.278. The highest BCUT2D eigenvalue weighted by Gasteiger charge is 2.29. The molecule has 0 spiro atoms. The average Bonchev–Trinajstić information content (AvgIpc) is 3.12. The standard InChI is InChI=1S/C18H18N4O/c1-21(2)12-20-16-14(11-19)15-9-6-10-22(15)17(16)18(23)13-7-4-3-5-8-13/h3-5,7-8,12H,6,9-10H2,1-2H3. The molecular formula is C18H18N4O. The molecule has 0 fully saturated rings. The van der Waals surface area contributed by atoms with Crippen LogP contribution < -0.4 is 0 Å². The molecule has 0 amide bonds. The van der Waals surface area contributed by atoms with E-state index in [-0.39, 0.29) is 5.78 Å². The van der Waals surface area contributed by atoms with Crippen LogP contribution in [0.1, 0.15) is 33.7 Å². The van der Waals surface area contributed by atoms with Crippen molar-refractivity contribution >= 4 is 17.8 Å². The molecule has 1 aromatic carbocycles. The molecule has 0 saturated carbocycles. The van der Waals surface area contributed by atoms with Crippen LogP contribution in [-0.2, 0) is 13.0 Å². The third kappa shape index (κ3) is 2.64. The van der Waals surface area contributed by atoms with Gasteiger partial charge >= 0.3 is 0 Å². The van der Waals surface area contributed by atoms with Crippen molar-refractivity contribution in [3.05, 3.63) is 52.8 Å². The fourth-order valence-electron chi connectivity index (χ4n) is 2.94. The number of carbonyl (C=O) groups excluding carboxylic acids is 1. The zero-order valence-electron chi connectivity index (χ0n) is 13.3. The van der Waals surface area contributed by atoms with E-state index in [0.29, 0.717) is 22.5 Å². The molecule has 2 heterocycles. The van der Waals surface area contributed by atoms with Crippen LogP contribution in [0.25, 0.3) is 0 Å². The van der Waals surface area contributed by atoms with Gasteiger partial charge in [-0.25, -0.2) is 4.99 Å². The Labute approximate surface area is 135 Å². The summed E-state index contributed by atoms with van der Waals surface area (Å²) in [5, 5.41) is 9.55. The molecule has 1 aromatic heterocycles. The molecule has 3 rings (SSSR count). The van der Waals surface area contributed by atoms with Gasteiger partial charge in [-0.2, -0.15) is 5.26 Å². The molecule has 0 atom stereocenters. The second-order valence-corrected chi connectivity index (χ2v) is 5.79. The van der Waals surface area contributed by atoms with Gasteiger partial charge in [-0.3, -0.25) is 4.79 Å². The number of aliphatic imine (C=N–C) groups is 1. The second kappa shape index (κ2) is 6.09. The molecule has 0 saturated heterocycles. The van der Waals surface area contributed by atoms with E-state index in [0.717, 1.165) is 25.1 Å². The first-order valence-corrected chi connectivity index (χ1v) is 7.59. The lowest BCUT2D eigenvalue weighted by Gasteiger charge is -2.07. The third-order valence-electron chi connectivity index (χ3n) is 3.92. The van der Waals surface area contributed by atoms with Crippen molar-refractivity contribution in [1.82, 2.24) is 9.47 Å². The van der Waals surface area contributed by atoms with Crippen molar-refractivity contribution in [2.45, 2.75) is 19.4 Å². The Morgan fingerprint density at radius 3 is 2.74 bits per heavy atom. The summed E-state index contributed by atoms with van der Waals surface area (Å²) in [6, 6.07) is 11.4. The summed E-state index contributed by atoms with van der Waals surface area (Å²) >= 11 is 0. The number of benzene rings is 1. The second-order valence-electron chi connectivity index (χ2n) is 5.79. The molecule has 5 nitrogen and oxygen atoms in total. The molecule has 2 aromatic rings. The number of fused-ring (bicyclic) bond motifs is 1. The lowest BCUT2D eigenvalue weighted by Crippen LogP contribution is -2.10. The Morgan fingerprint density at radius 2 is 2.09 bits per heavy atom. The van der Waals surface area contributed by atoms with E-state index in [1.54, 1.807) is 23.4 Å². The van der Waals surface area contributed by atoms with E-state index in [1.165, 1.54) is 0 Å². The van der Waals surface area contributed by atoms with E-state index in [4.69, 9.17) is 0 Å². The smallest absolute Gasteiger partial charge is 0.211 e. The van der Waals surface area contributed by atoms with Crippen LogP contribution in [-0.4, -0.2) is 35.7 Å². The van der Waals surface area contributed by atoms with Crippen molar-refractivity contribution < 1.29 is 4.79 Å². The summed E-state index contributed by atoms with van der Waals surface area (Å²) < 4.78 is 1.97. The molecule has 1 aliphatic rings. The minimum atomic E-state index is -0.0823. The zero-order valence-corrected chi connectivity index (χ0v) is 13.3. The Balaban J connectivity index is 2.19. The third-order valence-corrected chi connectivity index (χ3v) is 3.92. The normalized spacial score (nSPS) is 13.1. The Hall–Kier alpha value is -2.87. The fourth-order valence-corrected chi connectivity index (χ4v) is 2.94. The number of hydrogen-bond donors (Lipinski definition) is 0. The van der Waals surface area contributed by atoms with Crippen molar-refractivity contribution in [3.8, 4) is 6.07 Å². The minimum absolute atomic E-state index is 0.0823. The first kappa shape index (κ1) is 15.0.